The van der Waals surface area contributed by atoms with Crippen LogP contribution in [0.15, 0.2) is 66.7 Å². The molecule has 26 heavy (non-hydrogen) atoms. The number of phenolic OH excluding ortho intramolecular Hbond substituents is 1. The molecular formula is C20H13ClN2O2S. The molecule has 3 aromatic carbocycles. The summed E-state index contributed by atoms with van der Waals surface area (Å²) in [4.78, 5) is 16.8. The molecule has 1 aromatic heterocycles. The van der Waals surface area contributed by atoms with Crippen molar-refractivity contribution in [3.8, 4) is 16.3 Å². The molecule has 1 amide bonds. The minimum Gasteiger partial charge on any atom is -0.507 e. The topological polar surface area (TPSA) is 62.2 Å². The van der Waals surface area contributed by atoms with E-state index in [4.69, 9.17) is 11.6 Å². The fourth-order valence-electron chi connectivity index (χ4n) is 2.61. The lowest BCUT2D eigenvalue weighted by atomic mass is 10.1. The van der Waals surface area contributed by atoms with Gasteiger partial charge in [-0.15, -0.1) is 11.3 Å². The highest BCUT2D eigenvalue weighted by atomic mass is 35.5. The number of hydrogen-bond acceptors (Lipinski definition) is 4. The lowest BCUT2D eigenvalue weighted by Gasteiger charge is -2.08. The SMILES string of the molecule is O=C(Nc1ccc(-c2nc3ccccc3s2)c(O)c1)c1cccc(Cl)c1. The number of fused-ring (bicyclic) bond motifs is 1. The maximum atomic E-state index is 12.3. The summed E-state index contributed by atoms with van der Waals surface area (Å²) in [5, 5.41) is 14.4. The fourth-order valence-corrected chi connectivity index (χ4v) is 3.80. The van der Waals surface area contributed by atoms with Gasteiger partial charge in [-0.3, -0.25) is 4.79 Å². The number of hydrogen-bond donors (Lipinski definition) is 2. The highest BCUT2D eigenvalue weighted by Gasteiger charge is 2.12. The van der Waals surface area contributed by atoms with Crippen molar-refractivity contribution in [3.63, 3.8) is 0 Å². The molecule has 4 nitrogen and oxygen atoms in total. The second kappa shape index (κ2) is 6.78. The Morgan fingerprint density at radius 1 is 1.04 bits per heavy atom. The summed E-state index contributed by atoms with van der Waals surface area (Å²) in [6.07, 6.45) is 0. The Balaban J connectivity index is 1.60. The third kappa shape index (κ3) is 3.27. The van der Waals surface area contributed by atoms with Crippen LogP contribution < -0.4 is 5.32 Å². The second-order valence-corrected chi connectivity index (χ2v) is 7.15. The van der Waals surface area contributed by atoms with Gasteiger partial charge in [-0.2, -0.15) is 0 Å². The normalized spacial score (nSPS) is 10.8. The molecule has 0 aliphatic heterocycles. The van der Waals surface area contributed by atoms with E-state index in [1.807, 2.05) is 24.3 Å². The molecule has 2 N–H and O–H groups in total. The van der Waals surface area contributed by atoms with E-state index < -0.39 is 0 Å². The summed E-state index contributed by atoms with van der Waals surface area (Å²) in [5.41, 5.74) is 2.47. The number of carbonyl (C=O) groups excluding carboxylic acids is 1. The molecule has 4 aromatic rings. The predicted octanol–water partition coefficient (Wildman–Crippen LogP) is 5.57. The van der Waals surface area contributed by atoms with Gasteiger partial charge < -0.3 is 10.4 Å². The number of rotatable bonds is 3. The first-order valence-corrected chi connectivity index (χ1v) is 9.05. The van der Waals surface area contributed by atoms with Gasteiger partial charge >= 0.3 is 0 Å². The van der Waals surface area contributed by atoms with Crippen molar-refractivity contribution < 1.29 is 9.90 Å². The van der Waals surface area contributed by atoms with Gasteiger partial charge in [0.15, 0.2) is 0 Å². The lowest BCUT2D eigenvalue weighted by Crippen LogP contribution is -2.11. The summed E-state index contributed by atoms with van der Waals surface area (Å²) < 4.78 is 1.06. The van der Waals surface area contributed by atoms with Crippen LogP contribution in [-0.2, 0) is 0 Å². The number of benzene rings is 3. The first kappa shape index (κ1) is 16.6. The molecule has 4 rings (SSSR count). The number of nitrogens with one attached hydrogen (secondary N) is 1. The zero-order valence-corrected chi connectivity index (χ0v) is 15.0. The number of nitrogens with zero attached hydrogens (tertiary/aromatic N) is 1. The minimum atomic E-state index is -0.292. The number of thiazole rings is 1. The molecule has 0 saturated heterocycles. The van der Waals surface area contributed by atoms with Gasteiger partial charge in [0.1, 0.15) is 10.8 Å². The average molecular weight is 381 g/mol. The summed E-state index contributed by atoms with van der Waals surface area (Å²) >= 11 is 7.42. The number of para-hydroxylation sites is 1. The van der Waals surface area contributed by atoms with Crippen molar-refractivity contribution >= 4 is 44.7 Å². The van der Waals surface area contributed by atoms with Gasteiger partial charge in [-0.05, 0) is 42.5 Å². The minimum absolute atomic E-state index is 0.0629. The Hall–Kier alpha value is -2.89. The molecule has 0 atom stereocenters. The van der Waals surface area contributed by atoms with Gasteiger partial charge in [0.2, 0.25) is 0 Å². The van der Waals surface area contributed by atoms with Crippen LogP contribution in [0.2, 0.25) is 5.02 Å². The number of aromatic nitrogens is 1. The molecule has 0 aliphatic rings. The number of anilines is 1. The van der Waals surface area contributed by atoms with Crippen molar-refractivity contribution in [2.24, 2.45) is 0 Å². The Morgan fingerprint density at radius 2 is 1.88 bits per heavy atom. The van der Waals surface area contributed by atoms with Gasteiger partial charge in [0.05, 0.1) is 15.8 Å². The van der Waals surface area contributed by atoms with Gasteiger partial charge in [0.25, 0.3) is 5.91 Å². The molecule has 6 heteroatoms. The molecular weight excluding hydrogens is 368 g/mol. The summed E-state index contributed by atoms with van der Waals surface area (Å²) in [7, 11) is 0. The number of phenols is 1. The van der Waals surface area contributed by atoms with Gasteiger partial charge in [0, 0.05) is 22.3 Å². The zero-order chi connectivity index (χ0) is 18.1. The molecule has 1 heterocycles. The van der Waals surface area contributed by atoms with E-state index in [2.05, 4.69) is 10.3 Å². The van der Waals surface area contributed by atoms with Crippen LogP contribution in [-0.4, -0.2) is 16.0 Å². The van der Waals surface area contributed by atoms with E-state index in [0.29, 0.717) is 21.8 Å². The maximum Gasteiger partial charge on any atom is 0.255 e. The van der Waals surface area contributed by atoms with Crippen molar-refractivity contribution in [1.82, 2.24) is 4.98 Å². The standard InChI is InChI=1S/C20H13ClN2O2S/c21-13-5-3-4-12(10-13)19(25)22-14-8-9-15(17(24)11-14)20-23-16-6-1-2-7-18(16)26-20/h1-11,24H,(H,22,25). The molecule has 128 valence electrons. The van der Waals surface area contributed by atoms with E-state index in [9.17, 15) is 9.90 Å². The predicted molar refractivity (Wildman–Crippen MR) is 106 cm³/mol. The smallest absolute Gasteiger partial charge is 0.255 e. The van der Waals surface area contributed by atoms with E-state index in [0.717, 1.165) is 15.2 Å². The Labute approximate surface area is 158 Å². The summed E-state index contributed by atoms with van der Waals surface area (Å²) in [6, 6.07) is 19.5. The number of halogens is 1. The highest BCUT2D eigenvalue weighted by Crippen LogP contribution is 2.36. The van der Waals surface area contributed by atoms with Crippen LogP contribution in [0.4, 0.5) is 5.69 Å². The Kier molecular flexibility index (Phi) is 4.32. The molecule has 0 bridgehead atoms. The third-order valence-electron chi connectivity index (χ3n) is 3.87. The molecule has 0 fully saturated rings. The van der Waals surface area contributed by atoms with Crippen LogP contribution in [0.25, 0.3) is 20.8 Å². The maximum absolute atomic E-state index is 12.3. The molecule has 0 unspecified atom stereocenters. The number of amides is 1. The Bertz CT molecular complexity index is 1090. The fraction of sp³-hybridized carbons (Fsp3) is 0. The zero-order valence-electron chi connectivity index (χ0n) is 13.4. The Morgan fingerprint density at radius 3 is 2.65 bits per heavy atom. The van der Waals surface area contributed by atoms with Crippen molar-refractivity contribution in [3.05, 3.63) is 77.3 Å². The second-order valence-electron chi connectivity index (χ2n) is 5.68. The molecule has 0 saturated carbocycles. The molecule has 0 spiro atoms. The first-order valence-electron chi connectivity index (χ1n) is 7.86. The molecule has 0 radical (unpaired) electrons. The highest BCUT2D eigenvalue weighted by molar-refractivity contribution is 7.21. The van der Waals surface area contributed by atoms with Gasteiger partial charge in [-0.25, -0.2) is 4.98 Å². The first-order chi connectivity index (χ1) is 12.6. The van der Waals surface area contributed by atoms with Crippen LogP contribution in [0.5, 0.6) is 5.75 Å². The van der Waals surface area contributed by atoms with Crippen LogP contribution in [0, 0.1) is 0 Å². The van der Waals surface area contributed by atoms with E-state index in [1.165, 1.54) is 17.4 Å². The summed E-state index contributed by atoms with van der Waals surface area (Å²) in [5.74, 6) is -0.229. The lowest BCUT2D eigenvalue weighted by molar-refractivity contribution is 0.102. The largest absolute Gasteiger partial charge is 0.507 e. The number of carbonyl (C=O) groups is 1. The van der Waals surface area contributed by atoms with Crippen molar-refractivity contribution in [2.45, 2.75) is 0 Å². The van der Waals surface area contributed by atoms with Crippen LogP contribution >= 0.6 is 22.9 Å². The van der Waals surface area contributed by atoms with E-state index in [1.54, 1.807) is 36.4 Å². The number of aromatic hydroxyl groups is 1. The van der Waals surface area contributed by atoms with Crippen molar-refractivity contribution in [2.75, 3.05) is 5.32 Å². The quantitative estimate of drug-likeness (QED) is 0.488. The van der Waals surface area contributed by atoms with Crippen LogP contribution in [0.3, 0.4) is 0 Å². The van der Waals surface area contributed by atoms with Crippen molar-refractivity contribution in [1.29, 1.82) is 0 Å². The third-order valence-corrected chi connectivity index (χ3v) is 5.17. The van der Waals surface area contributed by atoms with E-state index in [-0.39, 0.29) is 11.7 Å². The van der Waals surface area contributed by atoms with Gasteiger partial charge in [-0.1, -0.05) is 29.8 Å². The monoisotopic (exact) mass is 380 g/mol. The molecule has 0 aliphatic carbocycles. The van der Waals surface area contributed by atoms with Crippen LogP contribution in [0.1, 0.15) is 10.4 Å². The summed E-state index contributed by atoms with van der Waals surface area (Å²) in [6.45, 7) is 0. The average Bonchev–Trinajstić information content (AvgIpc) is 3.05. The van der Waals surface area contributed by atoms with E-state index >= 15 is 0 Å².